The van der Waals surface area contributed by atoms with Gasteiger partial charge in [0.1, 0.15) is 6.17 Å². The molecule has 4 rings (SSSR count). The number of fused-ring (bicyclic) bond motifs is 1. The summed E-state index contributed by atoms with van der Waals surface area (Å²) in [5.41, 5.74) is 2.83. The molecule has 0 bridgehead atoms. The molecule has 0 radical (unpaired) electrons. The van der Waals surface area contributed by atoms with Crippen LogP contribution in [0.3, 0.4) is 0 Å². The molecule has 11 heteroatoms. The van der Waals surface area contributed by atoms with Gasteiger partial charge in [-0.2, -0.15) is 18.2 Å². The first-order valence-corrected chi connectivity index (χ1v) is 11.6. The molecule has 2 aromatic rings. The van der Waals surface area contributed by atoms with Crippen LogP contribution in [-0.2, 0) is 27.2 Å². The van der Waals surface area contributed by atoms with E-state index in [1.54, 1.807) is 28.1 Å². The van der Waals surface area contributed by atoms with Crippen molar-refractivity contribution in [3.05, 3.63) is 59.7 Å². The number of alkyl halides is 3. The van der Waals surface area contributed by atoms with E-state index in [9.17, 15) is 27.6 Å². The number of esters is 1. The molecule has 2 aromatic carbocycles. The standard InChI is InChI=1S/C25H27F3N4O4/c1-17-30(15-12-22(33)36-2)32(24(35)31(17)20-6-4-3-5-7-20)21-9-8-18-10-13-29(14-11-19(18)16-21)23(34)25(26,27)28/h3-9,16-17H,10-15H2,1-2H3. The van der Waals surface area contributed by atoms with Crippen LogP contribution in [0.5, 0.6) is 0 Å². The maximum atomic E-state index is 13.6. The van der Waals surface area contributed by atoms with Crippen LogP contribution < -0.4 is 9.91 Å². The van der Waals surface area contributed by atoms with Gasteiger partial charge in [0.05, 0.1) is 19.2 Å². The number of amides is 3. The third kappa shape index (κ3) is 5.01. The van der Waals surface area contributed by atoms with Crippen LogP contribution in [0.4, 0.5) is 29.3 Å². The Hall–Kier alpha value is -3.60. The monoisotopic (exact) mass is 504 g/mol. The number of rotatable bonds is 5. The maximum Gasteiger partial charge on any atom is 0.471 e. The van der Waals surface area contributed by atoms with E-state index in [1.807, 2.05) is 37.3 Å². The van der Waals surface area contributed by atoms with Gasteiger partial charge >= 0.3 is 24.1 Å². The number of halogens is 3. The van der Waals surface area contributed by atoms with Gasteiger partial charge in [0.15, 0.2) is 0 Å². The first kappa shape index (κ1) is 25.5. The van der Waals surface area contributed by atoms with Crippen molar-refractivity contribution >= 4 is 29.3 Å². The summed E-state index contributed by atoms with van der Waals surface area (Å²) < 4.78 is 43.6. The molecule has 1 unspecified atom stereocenters. The molecule has 8 nitrogen and oxygen atoms in total. The molecule has 0 aromatic heterocycles. The van der Waals surface area contributed by atoms with E-state index in [0.717, 1.165) is 16.0 Å². The Morgan fingerprint density at radius 2 is 1.67 bits per heavy atom. The molecule has 1 fully saturated rings. The van der Waals surface area contributed by atoms with Crippen LogP contribution in [0.25, 0.3) is 0 Å². The molecule has 0 aliphatic carbocycles. The second-order valence-electron chi connectivity index (χ2n) is 8.66. The minimum Gasteiger partial charge on any atom is -0.469 e. The van der Waals surface area contributed by atoms with Gasteiger partial charge in [-0.3, -0.25) is 14.5 Å². The third-order valence-corrected chi connectivity index (χ3v) is 6.52. The van der Waals surface area contributed by atoms with E-state index in [0.29, 0.717) is 11.4 Å². The molecule has 1 saturated heterocycles. The number of methoxy groups -OCH3 is 1. The van der Waals surface area contributed by atoms with Gasteiger partial charge in [-0.15, -0.1) is 0 Å². The van der Waals surface area contributed by atoms with Crippen LogP contribution in [0.2, 0.25) is 0 Å². The lowest BCUT2D eigenvalue weighted by Gasteiger charge is -2.29. The summed E-state index contributed by atoms with van der Waals surface area (Å²) >= 11 is 0. The highest BCUT2D eigenvalue weighted by Gasteiger charge is 2.44. The van der Waals surface area contributed by atoms with Crippen molar-refractivity contribution in [2.75, 3.05) is 36.7 Å². The van der Waals surface area contributed by atoms with Crippen LogP contribution in [0, 0.1) is 0 Å². The fourth-order valence-electron chi connectivity index (χ4n) is 4.67. The number of hydrogen-bond acceptors (Lipinski definition) is 5. The Balaban J connectivity index is 1.63. The molecule has 36 heavy (non-hydrogen) atoms. The highest BCUT2D eigenvalue weighted by Crippen LogP contribution is 2.34. The zero-order valence-electron chi connectivity index (χ0n) is 20.0. The van der Waals surface area contributed by atoms with Gasteiger partial charge < -0.3 is 9.64 Å². The Morgan fingerprint density at radius 3 is 2.31 bits per heavy atom. The molecule has 192 valence electrons. The van der Waals surface area contributed by atoms with Crippen molar-refractivity contribution < 1.29 is 32.3 Å². The number of para-hydroxylation sites is 1. The van der Waals surface area contributed by atoms with Gasteiger partial charge in [0, 0.05) is 25.3 Å². The minimum atomic E-state index is -4.92. The summed E-state index contributed by atoms with van der Waals surface area (Å²) in [6, 6.07) is 14.1. The average Bonchev–Trinajstić information content (AvgIpc) is 2.98. The molecule has 0 N–H and O–H groups in total. The number of hydrazine groups is 1. The Kier molecular flexibility index (Phi) is 7.21. The molecule has 1 atom stereocenters. The van der Waals surface area contributed by atoms with Crippen molar-refractivity contribution in [3.63, 3.8) is 0 Å². The largest absolute Gasteiger partial charge is 0.471 e. The first-order chi connectivity index (χ1) is 17.1. The number of carbonyl (C=O) groups excluding carboxylic acids is 3. The fraction of sp³-hybridized carbons (Fsp3) is 0.400. The normalized spacial score (nSPS) is 18.8. The average molecular weight is 505 g/mol. The van der Waals surface area contributed by atoms with Gasteiger partial charge in [-0.05, 0) is 55.2 Å². The molecular formula is C25H27F3N4O4. The lowest BCUT2D eigenvalue weighted by molar-refractivity contribution is -0.185. The number of ether oxygens (including phenoxy) is 1. The fourth-order valence-corrected chi connectivity index (χ4v) is 4.67. The smallest absolute Gasteiger partial charge is 0.469 e. The molecule has 2 heterocycles. The van der Waals surface area contributed by atoms with Crippen molar-refractivity contribution in [1.29, 1.82) is 0 Å². The van der Waals surface area contributed by atoms with E-state index in [2.05, 4.69) is 0 Å². The van der Waals surface area contributed by atoms with Crippen LogP contribution in [0.15, 0.2) is 48.5 Å². The SMILES string of the molecule is COC(=O)CCN1C(C)N(c2ccccc2)C(=O)N1c1ccc2c(c1)CCN(C(=O)C(F)(F)F)CC2. The molecule has 0 saturated carbocycles. The molecule has 2 aliphatic rings. The number of carbonyl (C=O) groups is 3. The minimum absolute atomic E-state index is 0.0303. The summed E-state index contributed by atoms with van der Waals surface area (Å²) in [5.74, 6) is -2.25. The van der Waals surface area contributed by atoms with Crippen molar-refractivity contribution in [3.8, 4) is 0 Å². The number of anilines is 2. The van der Waals surface area contributed by atoms with Crippen LogP contribution in [-0.4, -0.2) is 66.9 Å². The van der Waals surface area contributed by atoms with E-state index in [-0.39, 0.29) is 44.9 Å². The van der Waals surface area contributed by atoms with Crippen LogP contribution in [0.1, 0.15) is 24.5 Å². The summed E-state index contributed by atoms with van der Waals surface area (Å²) in [4.78, 5) is 39.7. The van der Waals surface area contributed by atoms with Gasteiger partial charge in [0.25, 0.3) is 0 Å². The van der Waals surface area contributed by atoms with E-state index in [4.69, 9.17) is 4.74 Å². The number of benzene rings is 2. The van der Waals surface area contributed by atoms with E-state index < -0.39 is 24.2 Å². The zero-order valence-corrected chi connectivity index (χ0v) is 20.0. The van der Waals surface area contributed by atoms with Crippen LogP contribution >= 0.6 is 0 Å². The highest BCUT2D eigenvalue weighted by atomic mass is 19.4. The zero-order chi connectivity index (χ0) is 26.0. The highest BCUT2D eigenvalue weighted by molar-refractivity contribution is 6.05. The van der Waals surface area contributed by atoms with Crippen molar-refractivity contribution in [2.24, 2.45) is 0 Å². The predicted molar refractivity (Wildman–Crippen MR) is 126 cm³/mol. The first-order valence-electron chi connectivity index (χ1n) is 11.6. The third-order valence-electron chi connectivity index (χ3n) is 6.52. The number of urea groups is 1. The number of nitrogens with zero attached hydrogens (tertiary/aromatic N) is 4. The van der Waals surface area contributed by atoms with Gasteiger partial charge in [-0.1, -0.05) is 24.3 Å². The van der Waals surface area contributed by atoms with E-state index >= 15 is 0 Å². The maximum absolute atomic E-state index is 13.6. The second kappa shape index (κ2) is 10.2. The Morgan fingerprint density at radius 1 is 1.00 bits per heavy atom. The van der Waals surface area contributed by atoms with Crippen molar-refractivity contribution in [1.82, 2.24) is 9.91 Å². The summed E-state index contributed by atoms with van der Waals surface area (Å²) in [6.07, 6.45) is -4.76. The van der Waals surface area contributed by atoms with Gasteiger partial charge in [0.2, 0.25) is 0 Å². The second-order valence-corrected chi connectivity index (χ2v) is 8.66. The lowest BCUT2D eigenvalue weighted by Crippen LogP contribution is -2.43. The molecular weight excluding hydrogens is 477 g/mol. The molecule has 2 aliphatic heterocycles. The Bertz CT molecular complexity index is 1140. The Labute approximate surface area is 206 Å². The summed E-state index contributed by atoms with van der Waals surface area (Å²) in [7, 11) is 1.30. The summed E-state index contributed by atoms with van der Waals surface area (Å²) in [6.45, 7) is 1.97. The molecule has 3 amide bonds. The summed E-state index contributed by atoms with van der Waals surface area (Å²) in [5, 5.41) is 3.26. The lowest BCUT2D eigenvalue weighted by atomic mass is 10.0. The topological polar surface area (TPSA) is 73.4 Å². The van der Waals surface area contributed by atoms with E-state index in [1.165, 1.54) is 12.1 Å². The van der Waals surface area contributed by atoms with Crippen molar-refractivity contribution in [2.45, 2.75) is 38.5 Å². The quantitative estimate of drug-likeness (QED) is 0.580. The molecule has 0 spiro atoms. The van der Waals surface area contributed by atoms with Gasteiger partial charge in [-0.25, -0.2) is 9.80 Å². The predicted octanol–water partition coefficient (Wildman–Crippen LogP) is 3.75. The number of hydrogen-bond donors (Lipinski definition) is 0.